The van der Waals surface area contributed by atoms with Crippen LogP contribution in [0.3, 0.4) is 0 Å². The van der Waals surface area contributed by atoms with Crippen LogP contribution < -0.4 is 5.32 Å². The molecule has 3 rings (SSSR count). The van der Waals surface area contributed by atoms with Crippen LogP contribution in [0.1, 0.15) is 27.6 Å². The monoisotopic (exact) mass is 370 g/mol. The number of thiophene rings is 2. The topological polar surface area (TPSA) is 32.3 Å². The Kier molecular flexibility index (Phi) is 6.02. The summed E-state index contributed by atoms with van der Waals surface area (Å²) in [4.78, 5) is 15.8. The average molecular weight is 371 g/mol. The summed E-state index contributed by atoms with van der Waals surface area (Å²) in [6, 6.07) is 14.5. The summed E-state index contributed by atoms with van der Waals surface area (Å²) in [7, 11) is 1.98. The maximum absolute atomic E-state index is 12.6. The number of nitrogens with one attached hydrogen (secondary N) is 1. The number of carbonyl (C=O) groups excluding carboxylic acids is 1. The molecule has 0 spiro atoms. The molecule has 130 valence electrons. The lowest BCUT2D eigenvalue weighted by atomic mass is 10.0. The van der Waals surface area contributed by atoms with Crippen molar-refractivity contribution in [2.24, 2.45) is 0 Å². The first-order chi connectivity index (χ1) is 12.1. The van der Waals surface area contributed by atoms with Crippen molar-refractivity contribution < 1.29 is 4.79 Å². The van der Waals surface area contributed by atoms with Gasteiger partial charge >= 0.3 is 0 Å². The molecule has 2 aromatic heterocycles. The molecule has 3 aromatic rings. The third-order valence-electron chi connectivity index (χ3n) is 3.99. The van der Waals surface area contributed by atoms with Crippen molar-refractivity contribution in [2.75, 3.05) is 13.6 Å². The molecule has 0 aliphatic carbocycles. The number of likely N-dealkylation sites (N-methyl/N-ethyl adjacent to an activating group) is 1. The van der Waals surface area contributed by atoms with E-state index >= 15 is 0 Å². The number of benzene rings is 1. The Hall–Kier alpha value is -1.95. The van der Waals surface area contributed by atoms with Gasteiger partial charge in [-0.25, -0.2) is 0 Å². The Balaban J connectivity index is 1.67. The van der Waals surface area contributed by atoms with E-state index < -0.39 is 0 Å². The minimum absolute atomic E-state index is 0.0386. The lowest BCUT2D eigenvalue weighted by Gasteiger charge is -2.21. The third-order valence-corrected chi connectivity index (χ3v) is 5.66. The number of hydrogen-bond acceptors (Lipinski definition) is 4. The van der Waals surface area contributed by atoms with E-state index in [0.29, 0.717) is 6.54 Å². The second-order valence-corrected chi connectivity index (χ2v) is 7.99. The van der Waals surface area contributed by atoms with Gasteiger partial charge in [-0.15, -0.1) is 11.3 Å². The first-order valence-electron chi connectivity index (χ1n) is 8.21. The SMILES string of the molecule is Cc1ccc(C(NC(=O)CN(C)Cc2ccsc2)c2cccs2)cc1. The summed E-state index contributed by atoms with van der Waals surface area (Å²) in [5.74, 6) is 0.0386. The fourth-order valence-corrected chi connectivity index (χ4v) is 4.20. The molecule has 3 nitrogen and oxygen atoms in total. The van der Waals surface area contributed by atoms with Crippen LogP contribution in [0.15, 0.2) is 58.6 Å². The molecule has 2 heterocycles. The molecule has 25 heavy (non-hydrogen) atoms. The smallest absolute Gasteiger partial charge is 0.234 e. The fraction of sp³-hybridized carbons (Fsp3) is 0.250. The number of rotatable bonds is 7. The molecule has 1 N–H and O–H groups in total. The predicted molar refractivity (Wildman–Crippen MR) is 106 cm³/mol. The summed E-state index contributed by atoms with van der Waals surface area (Å²) in [6.45, 7) is 3.23. The summed E-state index contributed by atoms with van der Waals surface area (Å²) in [6.07, 6.45) is 0. The van der Waals surface area contributed by atoms with E-state index in [2.05, 4.69) is 59.4 Å². The summed E-state index contributed by atoms with van der Waals surface area (Å²) in [5.41, 5.74) is 3.58. The zero-order valence-corrected chi connectivity index (χ0v) is 16.1. The van der Waals surface area contributed by atoms with Crippen LogP contribution >= 0.6 is 22.7 Å². The molecular formula is C20H22N2OS2. The van der Waals surface area contributed by atoms with Crippen molar-refractivity contribution in [3.8, 4) is 0 Å². The molecule has 1 aromatic carbocycles. The molecule has 1 amide bonds. The molecule has 0 fully saturated rings. The van der Waals surface area contributed by atoms with E-state index in [0.717, 1.165) is 17.0 Å². The van der Waals surface area contributed by atoms with Gasteiger partial charge in [0.2, 0.25) is 5.91 Å². The molecule has 1 atom stereocenters. The number of nitrogens with zero attached hydrogens (tertiary/aromatic N) is 1. The zero-order valence-electron chi connectivity index (χ0n) is 14.4. The number of amides is 1. The Labute approximate surface area is 156 Å². The van der Waals surface area contributed by atoms with Gasteiger partial charge in [0, 0.05) is 11.4 Å². The third kappa shape index (κ3) is 5.01. The normalized spacial score (nSPS) is 12.3. The standard InChI is InChI=1S/C20H22N2OS2/c1-15-5-7-17(8-6-15)20(18-4-3-10-25-18)21-19(23)13-22(2)12-16-9-11-24-14-16/h3-11,14,20H,12-13H2,1-2H3,(H,21,23). The van der Waals surface area contributed by atoms with Crippen LogP contribution in [0.5, 0.6) is 0 Å². The number of carbonyl (C=O) groups is 1. The van der Waals surface area contributed by atoms with Crippen LogP contribution in [0, 0.1) is 6.92 Å². The largest absolute Gasteiger partial charge is 0.343 e. The summed E-state index contributed by atoms with van der Waals surface area (Å²) in [5, 5.41) is 9.43. The van der Waals surface area contributed by atoms with Gasteiger partial charge in [-0.05, 0) is 53.4 Å². The summed E-state index contributed by atoms with van der Waals surface area (Å²) >= 11 is 3.35. The highest BCUT2D eigenvalue weighted by molar-refractivity contribution is 7.10. The molecule has 0 bridgehead atoms. The quantitative estimate of drug-likeness (QED) is 0.666. The summed E-state index contributed by atoms with van der Waals surface area (Å²) < 4.78 is 0. The second-order valence-electron chi connectivity index (χ2n) is 6.23. The Morgan fingerprint density at radius 2 is 1.96 bits per heavy atom. The lowest BCUT2D eigenvalue weighted by Crippen LogP contribution is -2.37. The van der Waals surface area contributed by atoms with Crippen LogP contribution in [-0.2, 0) is 11.3 Å². The van der Waals surface area contributed by atoms with Crippen LogP contribution in [-0.4, -0.2) is 24.4 Å². The maximum atomic E-state index is 12.6. The number of aryl methyl sites for hydroxylation is 1. The number of hydrogen-bond donors (Lipinski definition) is 1. The van der Waals surface area contributed by atoms with E-state index in [1.807, 2.05) is 23.4 Å². The van der Waals surface area contributed by atoms with Gasteiger partial charge in [0.1, 0.15) is 0 Å². The molecular weight excluding hydrogens is 348 g/mol. The van der Waals surface area contributed by atoms with E-state index in [1.165, 1.54) is 11.1 Å². The minimum atomic E-state index is -0.0948. The zero-order chi connectivity index (χ0) is 17.6. The van der Waals surface area contributed by atoms with Crippen molar-refractivity contribution in [1.29, 1.82) is 0 Å². The van der Waals surface area contributed by atoms with Gasteiger partial charge in [0.25, 0.3) is 0 Å². The molecule has 0 aliphatic heterocycles. The van der Waals surface area contributed by atoms with E-state index in [4.69, 9.17) is 0 Å². The van der Waals surface area contributed by atoms with Crippen molar-refractivity contribution in [1.82, 2.24) is 10.2 Å². The van der Waals surface area contributed by atoms with Gasteiger partial charge in [-0.2, -0.15) is 11.3 Å². The van der Waals surface area contributed by atoms with Crippen molar-refractivity contribution in [2.45, 2.75) is 19.5 Å². The fourth-order valence-electron chi connectivity index (χ4n) is 2.74. The highest BCUT2D eigenvalue weighted by Crippen LogP contribution is 2.26. The lowest BCUT2D eigenvalue weighted by molar-refractivity contribution is -0.122. The highest BCUT2D eigenvalue weighted by Gasteiger charge is 2.18. The highest BCUT2D eigenvalue weighted by atomic mass is 32.1. The average Bonchev–Trinajstić information content (AvgIpc) is 3.27. The van der Waals surface area contributed by atoms with Crippen LogP contribution in [0.2, 0.25) is 0 Å². The first kappa shape index (κ1) is 17.9. The molecule has 0 aliphatic rings. The predicted octanol–water partition coefficient (Wildman–Crippen LogP) is 4.46. The van der Waals surface area contributed by atoms with Gasteiger partial charge in [-0.3, -0.25) is 9.69 Å². The van der Waals surface area contributed by atoms with E-state index in [-0.39, 0.29) is 11.9 Å². The van der Waals surface area contributed by atoms with Crippen molar-refractivity contribution in [3.05, 3.63) is 80.2 Å². The van der Waals surface area contributed by atoms with E-state index in [9.17, 15) is 4.79 Å². The molecule has 5 heteroatoms. The second kappa shape index (κ2) is 8.43. The van der Waals surface area contributed by atoms with Gasteiger partial charge in [0.05, 0.1) is 12.6 Å². The van der Waals surface area contributed by atoms with E-state index in [1.54, 1.807) is 22.7 Å². The Bertz CT molecular complexity index is 780. The molecule has 0 radical (unpaired) electrons. The van der Waals surface area contributed by atoms with Crippen LogP contribution in [0.4, 0.5) is 0 Å². The van der Waals surface area contributed by atoms with Crippen LogP contribution in [0.25, 0.3) is 0 Å². The van der Waals surface area contributed by atoms with Gasteiger partial charge in [0.15, 0.2) is 0 Å². The van der Waals surface area contributed by atoms with Gasteiger partial charge in [-0.1, -0.05) is 35.9 Å². The Morgan fingerprint density at radius 1 is 1.16 bits per heavy atom. The van der Waals surface area contributed by atoms with Crippen molar-refractivity contribution in [3.63, 3.8) is 0 Å². The molecule has 1 unspecified atom stereocenters. The molecule has 0 saturated heterocycles. The van der Waals surface area contributed by atoms with Gasteiger partial charge < -0.3 is 5.32 Å². The first-order valence-corrected chi connectivity index (χ1v) is 10.0. The molecule has 0 saturated carbocycles. The Morgan fingerprint density at radius 3 is 2.60 bits per heavy atom. The maximum Gasteiger partial charge on any atom is 0.234 e. The van der Waals surface area contributed by atoms with Crippen molar-refractivity contribution >= 4 is 28.6 Å². The minimum Gasteiger partial charge on any atom is -0.343 e.